The summed E-state index contributed by atoms with van der Waals surface area (Å²) >= 11 is 0. The monoisotopic (exact) mass is 196 g/mol. The van der Waals surface area contributed by atoms with Crippen molar-refractivity contribution < 1.29 is 0 Å². The van der Waals surface area contributed by atoms with Crippen LogP contribution in [-0.4, -0.2) is 0 Å². The molecule has 0 aliphatic rings. The molecule has 0 bridgehead atoms. The molecule has 1 atom stereocenters. The molecular weight excluding hydrogens is 168 g/mol. The van der Waals surface area contributed by atoms with Gasteiger partial charge in [-0.15, -0.1) is 0 Å². The lowest BCUT2D eigenvalue weighted by atomic mass is 9.97. The molecule has 14 heavy (non-hydrogen) atoms. The summed E-state index contributed by atoms with van der Waals surface area (Å²) in [6.07, 6.45) is 10.6. The predicted molar refractivity (Wildman–Crippen MR) is 66.6 cm³/mol. The van der Waals surface area contributed by atoms with Gasteiger partial charge in [-0.3, -0.25) is 0 Å². The first-order chi connectivity index (χ1) is 6.70. The van der Waals surface area contributed by atoms with Gasteiger partial charge in [-0.25, -0.2) is 0 Å². The van der Waals surface area contributed by atoms with Gasteiger partial charge in [-0.1, -0.05) is 58.6 Å². The number of hydrogen-bond acceptors (Lipinski definition) is 0. The second-order valence-electron chi connectivity index (χ2n) is 4.61. The molecule has 0 spiro atoms. The van der Waals surface area contributed by atoms with Crippen molar-refractivity contribution in [3.8, 4) is 0 Å². The topological polar surface area (TPSA) is 0 Å². The highest BCUT2D eigenvalue weighted by atomic mass is 14.1. The van der Waals surface area contributed by atoms with Crippen LogP contribution in [0.25, 0.3) is 0 Å². The molecule has 0 aromatic carbocycles. The van der Waals surface area contributed by atoms with Crippen LogP contribution in [0, 0.1) is 5.92 Å². The van der Waals surface area contributed by atoms with Crippen LogP contribution in [0.4, 0.5) is 0 Å². The van der Waals surface area contributed by atoms with Crippen molar-refractivity contribution in [3.05, 3.63) is 12.2 Å². The molecule has 1 unspecified atom stereocenters. The fraction of sp³-hybridized carbons (Fsp3) is 0.857. The van der Waals surface area contributed by atoms with E-state index in [4.69, 9.17) is 0 Å². The normalized spacial score (nSPS) is 12.8. The van der Waals surface area contributed by atoms with Gasteiger partial charge in [0.05, 0.1) is 0 Å². The summed E-state index contributed by atoms with van der Waals surface area (Å²) in [6, 6.07) is 0. The lowest BCUT2D eigenvalue weighted by molar-refractivity contribution is 0.508. The van der Waals surface area contributed by atoms with Gasteiger partial charge in [0.1, 0.15) is 0 Å². The number of unbranched alkanes of at least 4 members (excludes halogenated alkanes) is 3. The molecule has 0 aliphatic heterocycles. The van der Waals surface area contributed by atoms with Crippen molar-refractivity contribution in [1.82, 2.24) is 0 Å². The van der Waals surface area contributed by atoms with E-state index in [0.29, 0.717) is 0 Å². The second-order valence-corrected chi connectivity index (χ2v) is 4.61. The Balaban J connectivity index is 3.28. The van der Waals surface area contributed by atoms with Crippen molar-refractivity contribution in [2.24, 2.45) is 5.92 Å². The van der Waals surface area contributed by atoms with Gasteiger partial charge in [0.25, 0.3) is 0 Å². The van der Waals surface area contributed by atoms with Crippen molar-refractivity contribution in [1.29, 1.82) is 0 Å². The molecule has 0 aromatic heterocycles. The van der Waals surface area contributed by atoms with Crippen LogP contribution in [-0.2, 0) is 0 Å². The van der Waals surface area contributed by atoms with E-state index in [1.807, 2.05) is 0 Å². The molecule has 0 heterocycles. The molecule has 84 valence electrons. The summed E-state index contributed by atoms with van der Waals surface area (Å²) in [5.41, 5.74) is 1.47. The average molecular weight is 196 g/mol. The molecule has 0 fully saturated rings. The lowest BCUT2D eigenvalue weighted by Crippen LogP contribution is -1.93. The molecule has 0 saturated carbocycles. The molecule has 0 heteroatoms. The molecular formula is C14H28. The van der Waals surface area contributed by atoms with Gasteiger partial charge < -0.3 is 0 Å². The lowest BCUT2D eigenvalue weighted by Gasteiger charge is -2.09. The van der Waals surface area contributed by atoms with Gasteiger partial charge in [-0.05, 0) is 31.6 Å². The van der Waals surface area contributed by atoms with E-state index in [-0.39, 0.29) is 0 Å². The van der Waals surface area contributed by atoms with E-state index in [1.54, 1.807) is 0 Å². The molecule has 0 amide bonds. The smallest absolute Gasteiger partial charge is 0.0320 e. The maximum absolute atomic E-state index is 4.16. The first kappa shape index (κ1) is 13.7. The van der Waals surface area contributed by atoms with Crippen molar-refractivity contribution >= 4 is 0 Å². The maximum Gasteiger partial charge on any atom is -0.0320 e. The molecule has 0 radical (unpaired) electrons. The van der Waals surface area contributed by atoms with Gasteiger partial charge >= 0.3 is 0 Å². The minimum absolute atomic E-state index is 0.877. The summed E-state index contributed by atoms with van der Waals surface area (Å²) in [5, 5.41) is 0. The van der Waals surface area contributed by atoms with Crippen molar-refractivity contribution in [2.45, 2.75) is 72.1 Å². The fourth-order valence-corrected chi connectivity index (χ4v) is 1.58. The third-order valence-electron chi connectivity index (χ3n) is 3.07. The Kier molecular flexibility index (Phi) is 9.13. The number of hydrogen-bond donors (Lipinski definition) is 0. The maximum atomic E-state index is 4.16. The Morgan fingerprint density at radius 2 is 1.79 bits per heavy atom. The minimum atomic E-state index is 0.877. The zero-order chi connectivity index (χ0) is 10.8. The molecule has 0 N–H and O–H groups in total. The Morgan fingerprint density at radius 1 is 1.07 bits per heavy atom. The summed E-state index contributed by atoms with van der Waals surface area (Å²) in [6.45, 7) is 11.0. The van der Waals surface area contributed by atoms with Gasteiger partial charge in [0.15, 0.2) is 0 Å². The van der Waals surface area contributed by atoms with Crippen LogP contribution in [0.15, 0.2) is 12.2 Å². The Morgan fingerprint density at radius 3 is 2.36 bits per heavy atom. The largest absolute Gasteiger partial charge is 0.0999 e. The number of allylic oxidation sites excluding steroid dienone is 1. The van der Waals surface area contributed by atoms with E-state index < -0.39 is 0 Å². The zero-order valence-corrected chi connectivity index (χ0v) is 10.4. The minimum Gasteiger partial charge on any atom is -0.0999 e. The highest BCUT2D eigenvalue weighted by molar-refractivity contribution is 4.93. The SMILES string of the molecule is C=C(CCCCCC)CCC(C)CC. The van der Waals surface area contributed by atoms with E-state index in [1.165, 1.54) is 56.9 Å². The Bertz CT molecular complexity index is 135. The van der Waals surface area contributed by atoms with Crippen LogP contribution >= 0.6 is 0 Å². The van der Waals surface area contributed by atoms with E-state index in [0.717, 1.165) is 5.92 Å². The van der Waals surface area contributed by atoms with Crippen molar-refractivity contribution in [2.75, 3.05) is 0 Å². The summed E-state index contributed by atoms with van der Waals surface area (Å²) in [7, 11) is 0. The van der Waals surface area contributed by atoms with Crippen LogP contribution in [0.2, 0.25) is 0 Å². The molecule has 0 aromatic rings. The standard InChI is InChI=1S/C14H28/c1-5-7-8-9-10-14(4)12-11-13(3)6-2/h13H,4-12H2,1-3H3. The first-order valence-electron chi connectivity index (χ1n) is 6.37. The molecule has 0 rings (SSSR count). The Hall–Kier alpha value is -0.260. The summed E-state index contributed by atoms with van der Waals surface area (Å²) in [4.78, 5) is 0. The molecule has 0 saturated heterocycles. The third kappa shape index (κ3) is 8.34. The molecule has 0 aliphatic carbocycles. The van der Waals surface area contributed by atoms with Crippen LogP contribution < -0.4 is 0 Å². The van der Waals surface area contributed by atoms with Gasteiger partial charge in [0, 0.05) is 0 Å². The Labute approximate surface area is 90.8 Å². The van der Waals surface area contributed by atoms with Gasteiger partial charge in [0.2, 0.25) is 0 Å². The average Bonchev–Trinajstić information content (AvgIpc) is 2.21. The molecule has 0 nitrogen and oxygen atoms in total. The first-order valence-corrected chi connectivity index (χ1v) is 6.37. The quantitative estimate of drug-likeness (QED) is 0.345. The van der Waals surface area contributed by atoms with E-state index in [2.05, 4.69) is 27.4 Å². The fourth-order valence-electron chi connectivity index (χ4n) is 1.58. The second kappa shape index (κ2) is 9.30. The predicted octanol–water partition coefficient (Wildman–Crippen LogP) is 5.34. The van der Waals surface area contributed by atoms with Crippen LogP contribution in [0.5, 0.6) is 0 Å². The van der Waals surface area contributed by atoms with Gasteiger partial charge in [-0.2, -0.15) is 0 Å². The van der Waals surface area contributed by atoms with Crippen LogP contribution in [0.3, 0.4) is 0 Å². The van der Waals surface area contributed by atoms with Crippen LogP contribution in [0.1, 0.15) is 72.1 Å². The highest BCUT2D eigenvalue weighted by Gasteiger charge is 2.00. The van der Waals surface area contributed by atoms with Crippen molar-refractivity contribution in [3.63, 3.8) is 0 Å². The van der Waals surface area contributed by atoms with E-state index >= 15 is 0 Å². The summed E-state index contributed by atoms with van der Waals surface area (Å²) < 4.78 is 0. The third-order valence-corrected chi connectivity index (χ3v) is 3.07. The highest BCUT2D eigenvalue weighted by Crippen LogP contribution is 2.17. The number of rotatable bonds is 9. The zero-order valence-electron chi connectivity index (χ0n) is 10.4. The summed E-state index contributed by atoms with van der Waals surface area (Å²) in [5.74, 6) is 0.877. The van der Waals surface area contributed by atoms with E-state index in [9.17, 15) is 0 Å².